The number of carboxylic acids is 1. The molecule has 26 heavy (non-hydrogen) atoms. The number of anilines is 2. The summed E-state index contributed by atoms with van der Waals surface area (Å²) in [5.41, 5.74) is 0.856. The molecule has 5 nitrogen and oxygen atoms in total. The molecule has 0 aromatic heterocycles. The minimum Gasteiger partial charge on any atom is -0.478 e. The predicted octanol–water partition coefficient (Wildman–Crippen LogP) is 4.16. The highest BCUT2D eigenvalue weighted by Crippen LogP contribution is 2.26. The van der Waals surface area contributed by atoms with Gasteiger partial charge in [-0.05, 0) is 43.2 Å². The van der Waals surface area contributed by atoms with Crippen LogP contribution in [0.15, 0.2) is 42.5 Å². The standard InChI is InChI=1S/C20H21FN2O3/c21-17-8-4-3-7-15(17)19(24)22-18-10-9-14(13-16(18)20(25)26)23-11-5-1-2-6-12-23/h3-4,7-10,13H,1-2,5-6,11-12H2,(H,22,24)(H,25,26). The zero-order valence-electron chi connectivity index (χ0n) is 14.4. The molecule has 2 N–H and O–H groups in total. The van der Waals surface area contributed by atoms with Crippen molar-refractivity contribution < 1.29 is 19.1 Å². The summed E-state index contributed by atoms with van der Waals surface area (Å²) >= 11 is 0. The summed E-state index contributed by atoms with van der Waals surface area (Å²) in [6.07, 6.45) is 4.51. The summed E-state index contributed by atoms with van der Waals surface area (Å²) in [4.78, 5) is 26.1. The van der Waals surface area contributed by atoms with Crippen LogP contribution in [-0.2, 0) is 0 Å². The van der Waals surface area contributed by atoms with Gasteiger partial charge in [0.15, 0.2) is 0 Å². The smallest absolute Gasteiger partial charge is 0.337 e. The van der Waals surface area contributed by atoms with E-state index in [1.807, 2.05) is 0 Å². The van der Waals surface area contributed by atoms with Gasteiger partial charge >= 0.3 is 5.97 Å². The van der Waals surface area contributed by atoms with Crippen molar-refractivity contribution in [1.82, 2.24) is 0 Å². The van der Waals surface area contributed by atoms with E-state index in [9.17, 15) is 19.1 Å². The van der Waals surface area contributed by atoms with Gasteiger partial charge in [0.05, 0.1) is 16.8 Å². The molecule has 1 fully saturated rings. The van der Waals surface area contributed by atoms with Crippen LogP contribution in [0.25, 0.3) is 0 Å². The third-order valence-corrected chi connectivity index (χ3v) is 4.57. The highest BCUT2D eigenvalue weighted by molar-refractivity contribution is 6.08. The second-order valence-electron chi connectivity index (χ2n) is 6.37. The third-order valence-electron chi connectivity index (χ3n) is 4.57. The molecule has 0 saturated carbocycles. The number of nitrogens with one attached hydrogen (secondary N) is 1. The van der Waals surface area contributed by atoms with Crippen molar-refractivity contribution >= 4 is 23.3 Å². The zero-order valence-corrected chi connectivity index (χ0v) is 14.4. The number of amides is 1. The van der Waals surface area contributed by atoms with E-state index in [1.165, 1.54) is 31.0 Å². The van der Waals surface area contributed by atoms with E-state index in [0.717, 1.165) is 31.6 Å². The summed E-state index contributed by atoms with van der Waals surface area (Å²) in [6.45, 7) is 1.78. The summed E-state index contributed by atoms with van der Waals surface area (Å²) in [5.74, 6) is -2.46. The van der Waals surface area contributed by atoms with E-state index in [0.29, 0.717) is 0 Å². The van der Waals surface area contributed by atoms with E-state index in [-0.39, 0.29) is 16.8 Å². The Morgan fingerprint density at radius 1 is 0.962 bits per heavy atom. The highest BCUT2D eigenvalue weighted by Gasteiger charge is 2.18. The monoisotopic (exact) mass is 356 g/mol. The van der Waals surface area contributed by atoms with Gasteiger partial charge in [-0.2, -0.15) is 0 Å². The Morgan fingerprint density at radius 2 is 1.65 bits per heavy atom. The number of rotatable bonds is 4. The fraction of sp³-hybridized carbons (Fsp3) is 0.300. The lowest BCUT2D eigenvalue weighted by molar-refractivity contribution is 0.0698. The van der Waals surface area contributed by atoms with Crippen LogP contribution in [0.4, 0.5) is 15.8 Å². The normalized spacial score (nSPS) is 14.6. The lowest BCUT2D eigenvalue weighted by Gasteiger charge is -2.23. The maximum Gasteiger partial charge on any atom is 0.337 e. The van der Waals surface area contributed by atoms with Crippen molar-refractivity contribution in [2.75, 3.05) is 23.3 Å². The van der Waals surface area contributed by atoms with Gasteiger partial charge in [-0.25, -0.2) is 9.18 Å². The molecule has 0 radical (unpaired) electrons. The summed E-state index contributed by atoms with van der Waals surface area (Å²) < 4.78 is 13.8. The van der Waals surface area contributed by atoms with Crippen LogP contribution < -0.4 is 10.2 Å². The lowest BCUT2D eigenvalue weighted by atomic mass is 10.1. The zero-order chi connectivity index (χ0) is 18.5. The second kappa shape index (κ2) is 7.99. The summed E-state index contributed by atoms with van der Waals surface area (Å²) in [6, 6.07) is 10.5. The van der Waals surface area contributed by atoms with Crippen molar-refractivity contribution in [3.05, 3.63) is 59.4 Å². The molecule has 136 valence electrons. The molecular weight excluding hydrogens is 335 g/mol. The van der Waals surface area contributed by atoms with Gasteiger partial charge in [-0.15, -0.1) is 0 Å². The van der Waals surface area contributed by atoms with Gasteiger partial charge in [0, 0.05) is 18.8 Å². The summed E-state index contributed by atoms with van der Waals surface area (Å²) in [7, 11) is 0. The van der Waals surface area contributed by atoms with Crippen LogP contribution in [-0.4, -0.2) is 30.1 Å². The fourth-order valence-electron chi connectivity index (χ4n) is 3.18. The van der Waals surface area contributed by atoms with Gasteiger partial charge in [0.2, 0.25) is 0 Å². The average Bonchev–Trinajstić information content (AvgIpc) is 2.91. The molecule has 0 bridgehead atoms. The van der Waals surface area contributed by atoms with E-state index >= 15 is 0 Å². The van der Waals surface area contributed by atoms with Gasteiger partial charge in [-0.3, -0.25) is 4.79 Å². The molecule has 1 aliphatic rings. The Labute approximate surface area is 151 Å². The number of hydrogen-bond acceptors (Lipinski definition) is 3. The van der Waals surface area contributed by atoms with Gasteiger partial charge in [0.1, 0.15) is 5.82 Å². The van der Waals surface area contributed by atoms with Crippen LogP contribution >= 0.6 is 0 Å². The number of carbonyl (C=O) groups is 2. The van der Waals surface area contributed by atoms with E-state index < -0.39 is 17.7 Å². The quantitative estimate of drug-likeness (QED) is 0.863. The van der Waals surface area contributed by atoms with E-state index in [2.05, 4.69) is 10.2 Å². The van der Waals surface area contributed by atoms with Gasteiger partial charge < -0.3 is 15.3 Å². The molecule has 1 aliphatic heterocycles. The van der Waals surface area contributed by atoms with Crippen molar-refractivity contribution in [2.45, 2.75) is 25.7 Å². The Hall–Kier alpha value is -2.89. The van der Waals surface area contributed by atoms with Crippen LogP contribution in [0.1, 0.15) is 46.4 Å². The first-order valence-electron chi connectivity index (χ1n) is 8.74. The Morgan fingerprint density at radius 3 is 2.31 bits per heavy atom. The van der Waals surface area contributed by atoms with Gasteiger partial charge in [-0.1, -0.05) is 25.0 Å². The molecule has 3 rings (SSSR count). The van der Waals surface area contributed by atoms with Crippen molar-refractivity contribution in [3.8, 4) is 0 Å². The topological polar surface area (TPSA) is 69.6 Å². The number of benzene rings is 2. The molecule has 0 atom stereocenters. The number of aromatic carboxylic acids is 1. The number of nitrogens with zero attached hydrogens (tertiary/aromatic N) is 1. The first kappa shape index (κ1) is 17.9. The van der Waals surface area contributed by atoms with Gasteiger partial charge in [0.25, 0.3) is 5.91 Å². The first-order chi connectivity index (χ1) is 12.6. The molecule has 2 aromatic rings. The number of carbonyl (C=O) groups excluding carboxylic acids is 1. The minimum atomic E-state index is -1.13. The molecule has 1 heterocycles. The molecular formula is C20H21FN2O3. The maximum atomic E-state index is 13.8. The van der Waals surface area contributed by atoms with Crippen LogP contribution in [0.5, 0.6) is 0 Å². The Kier molecular flexibility index (Phi) is 5.51. The molecule has 0 aliphatic carbocycles. The highest BCUT2D eigenvalue weighted by atomic mass is 19.1. The van der Waals surface area contributed by atoms with Crippen molar-refractivity contribution in [2.24, 2.45) is 0 Å². The predicted molar refractivity (Wildman–Crippen MR) is 98.4 cm³/mol. The van der Waals surface area contributed by atoms with Crippen LogP contribution in [0, 0.1) is 5.82 Å². The minimum absolute atomic E-state index is 0.00330. The first-order valence-corrected chi connectivity index (χ1v) is 8.74. The SMILES string of the molecule is O=C(Nc1ccc(N2CCCCCC2)cc1C(=O)O)c1ccccc1F. The van der Waals surface area contributed by atoms with Crippen molar-refractivity contribution in [1.29, 1.82) is 0 Å². The van der Waals surface area contributed by atoms with Crippen LogP contribution in [0.2, 0.25) is 0 Å². The number of halogens is 1. The molecule has 1 saturated heterocycles. The lowest BCUT2D eigenvalue weighted by Crippen LogP contribution is -2.24. The molecule has 2 aromatic carbocycles. The molecule has 1 amide bonds. The summed E-state index contributed by atoms with van der Waals surface area (Å²) in [5, 5.41) is 12.1. The third kappa shape index (κ3) is 4.02. The number of carboxylic acid groups (broad SMARTS) is 1. The largest absolute Gasteiger partial charge is 0.478 e. The van der Waals surface area contributed by atoms with Crippen molar-refractivity contribution in [3.63, 3.8) is 0 Å². The van der Waals surface area contributed by atoms with E-state index in [4.69, 9.17) is 0 Å². The number of hydrogen-bond donors (Lipinski definition) is 2. The van der Waals surface area contributed by atoms with E-state index in [1.54, 1.807) is 24.3 Å². The average molecular weight is 356 g/mol. The maximum absolute atomic E-state index is 13.8. The Balaban J connectivity index is 1.86. The molecule has 6 heteroatoms. The fourth-order valence-corrected chi connectivity index (χ4v) is 3.18. The Bertz CT molecular complexity index is 814. The molecule has 0 unspecified atom stereocenters. The molecule has 0 spiro atoms. The van der Waals surface area contributed by atoms with Crippen LogP contribution in [0.3, 0.4) is 0 Å². The second-order valence-corrected chi connectivity index (χ2v) is 6.37.